The quantitative estimate of drug-likeness (QED) is 0.770. The van der Waals surface area contributed by atoms with Crippen molar-refractivity contribution in [1.82, 2.24) is 19.9 Å². The molecule has 3 aromatic rings. The summed E-state index contributed by atoms with van der Waals surface area (Å²) in [6.45, 7) is 5.24. The van der Waals surface area contributed by atoms with Gasteiger partial charge in [0.2, 0.25) is 5.71 Å². The summed E-state index contributed by atoms with van der Waals surface area (Å²) in [5.41, 5.74) is 3.38. The van der Waals surface area contributed by atoms with Gasteiger partial charge in [-0.25, -0.2) is 4.98 Å². The molecular formula is C20H21N5O2. The Balaban J connectivity index is 1.52. The predicted octanol–water partition coefficient (Wildman–Crippen LogP) is 3.09. The standard InChI is InChI=1S/C20H21N5O2/c1-12-22-17(24-20(2)5-6-20)16-15(11-27-18(16)23-12)19(26)25-8-4-13-9-21-7-3-14(13)10-25/h3,7,9,11H,4-6,8,10H2,1-2H3,(H,22,23,24). The van der Waals surface area contributed by atoms with Gasteiger partial charge in [-0.15, -0.1) is 0 Å². The van der Waals surface area contributed by atoms with E-state index in [9.17, 15) is 4.79 Å². The van der Waals surface area contributed by atoms with E-state index < -0.39 is 0 Å². The Morgan fingerprint density at radius 2 is 2.15 bits per heavy atom. The Morgan fingerprint density at radius 1 is 1.30 bits per heavy atom. The lowest BCUT2D eigenvalue weighted by Gasteiger charge is -2.28. The van der Waals surface area contributed by atoms with Crippen molar-refractivity contribution in [3.05, 3.63) is 47.2 Å². The highest BCUT2D eigenvalue weighted by Gasteiger charge is 2.38. The Kier molecular flexibility index (Phi) is 3.47. The summed E-state index contributed by atoms with van der Waals surface area (Å²) in [7, 11) is 0. The van der Waals surface area contributed by atoms with Crippen LogP contribution in [0.25, 0.3) is 11.1 Å². The van der Waals surface area contributed by atoms with Crippen LogP contribution < -0.4 is 5.32 Å². The molecule has 4 heterocycles. The molecule has 0 bridgehead atoms. The lowest BCUT2D eigenvalue weighted by Crippen LogP contribution is -2.36. The van der Waals surface area contributed by atoms with E-state index in [1.54, 1.807) is 6.20 Å². The summed E-state index contributed by atoms with van der Waals surface area (Å²) in [6, 6.07) is 1.98. The van der Waals surface area contributed by atoms with Gasteiger partial charge in [-0.3, -0.25) is 9.78 Å². The number of aromatic nitrogens is 3. The third-order valence-corrected chi connectivity index (χ3v) is 5.50. The fourth-order valence-corrected chi connectivity index (χ4v) is 3.61. The molecule has 5 rings (SSSR count). The van der Waals surface area contributed by atoms with Gasteiger partial charge in [0.15, 0.2) is 0 Å². The molecule has 1 aliphatic carbocycles. The second-order valence-electron chi connectivity index (χ2n) is 7.76. The van der Waals surface area contributed by atoms with E-state index in [0.29, 0.717) is 41.4 Å². The molecular weight excluding hydrogens is 342 g/mol. The molecule has 0 radical (unpaired) electrons. The highest BCUT2D eigenvalue weighted by atomic mass is 16.3. The van der Waals surface area contributed by atoms with Crippen molar-refractivity contribution < 1.29 is 9.21 Å². The maximum Gasteiger partial charge on any atom is 0.258 e. The van der Waals surface area contributed by atoms with Gasteiger partial charge in [0.05, 0.1) is 10.9 Å². The van der Waals surface area contributed by atoms with Crippen LogP contribution in [0.15, 0.2) is 29.1 Å². The van der Waals surface area contributed by atoms with Gasteiger partial charge in [0.1, 0.15) is 17.9 Å². The van der Waals surface area contributed by atoms with Crippen LogP contribution >= 0.6 is 0 Å². The minimum atomic E-state index is -0.0485. The zero-order valence-corrected chi connectivity index (χ0v) is 15.5. The zero-order valence-electron chi connectivity index (χ0n) is 15.5. The van der Waals surface area contributed by atoms with Crippen molar-refractivity contribution in [2.45, 2.75) is 45.2 Å². The van der Waals surface area contributed by atoms with Crippen LogP contribution in [0.2, 0.25) is 0 Å². The van der Waals surface area contributed by atoms with Gasteiger partial charge >= 0.3 is 0 Å². The summed E-state index contributed by atoms with van der Waals surface area (Å²) in [6.07, 6.45) is 8.17. The monoisotopic (exact) mass is 363 g/mol. The summed E-state index contributed by atoms with van der Waals surface area (Å²) in [5.74, 6) is 1.27. The van der Waals surface area contributed by atoms with Crippen LogP contribution in [-0.2, 0) is 13.0 Å². The number of anilines is 1. The first-order chi connectivity index (χ1) is 13.0. The van der Waals surface area contributed by atoms with Crippen molar-refractivity contribution in [2.24, 2.45) is 0 Å². The number of hydrogen-bond donors (Lipinski definition) is 1. The second-order valence-corrected chi connectivity index (χ2v) is 7.76. The fourth-order valence-electron chi connectivity index (χ4n) is 3.61. The SMILES string of the molecule is Cc1nc(NC2(C)CC2)c2c(C(=O)N3CCc4cnccc4C3)coc2n1. The van der Waals surface area contributed by atoms with E-state index >= 15 is 0 Å². The first-order valence-corrected chi connectivity index (χ1v) is 9.27. The lowest BCUT2D eigenvalue weighted by atomic mass is 10.0. The molecule has 0 aromatic carbocycles. The highest BCUT2D eigenvalue weighted by molar-refractivity contribution is 6.09. The Morgan fingerprint density at radius 3 is 2.96 bits per heavy atom. The number of pyridine rings is 1. The van der Waals surface area contributed by atoms with Gasteiger partial charge < -0.3 is 14.6 Å². The molecule has 1 N–H and O–H groups in total. The average molecular weight is 363 g/mol. The molecule has 3 aromatic heterocycles. The first kappa shape index (κ1) is 16.2. The summed E-state index contributed by atoms with van der Waals surface area (Å²) in [5, 5.41) is 4.17. The number of rotatable bonds is 3. The van der Waals surface area contributed by atoms with E-state index in [4.69, 9.17) is 4.42 Å². The summed E-state index contributed by atoms with van der Waals surface area (Å²) >= 11 is 0. The van der Waals surface area contributed by atoms with Crippen molar-refractivity contribution in [3.8, 4) is 0 Å². The van der Waals surface area contributed by atoms with Crippen LogP contribution in [0.1, 0.15) is 47.1 Å². The minimum absolute atomic E-state index is 0.0440. The number of hydrogen-bond acceptors (Lipinski definition) is 6. The largest absolute Gasteiger partial charge is 0.445 e. The molecule has 0 unspecified atom stereocenters. The molecule has 0 atom stereocenters. The third kappa shape index (κ3) is 2.83. The number of carbonyl (C=O) groups is 1. The summed E-state index contributed by atoms with van der Waals surface area (Å²) in [4.78, 5) is 28.2. The first-order valence-electron chi connectivity index (χ1n) is 9.27. The van der Waals surface area contributed by atoms with Crippen LogP contribution in [0.3, 0.4) is 0 Å². The molecule has 1 saturated carbocycles. The van der Waals surface area contributed by atoms with E-state index in [1.807, 2.05) is 24.1 Å². The zero-order chi connectivity index (χ0) is 18.6. The molecule has 27 heavy (non-hydrogen) atoms. The second kappa shape index (κ2) is 5.77. The average Bonchev–Trinajstić information content (AvgIpc) is 3.23. The van der Waals surface area contributed by atoms with Gasteiger partial charge in [0, 0.05) is 31.0 Å². The Hall–Kier alpha value is -2.96. The molecule has 7 heteroatoms. The maximum atomic E-state index is 13.3. The molecule has 2 aliphatic rings. The Bertz CT molecular complexity index is 1050. The van der Waals surface area contributed by atoms with Crippen LogP contribution in [0.5, 0.6) is 0 Å². The van der Waals surface area contributed by atoms with Crippen molar-refractivity contribution in [3.63, 3.8) is 0 Å². The number of carbonyl (C=O) groups excluding carboxylic acids is 1. The number of amides is 1. The number of aryl methyl sites for hydroxylation is 1. The fraction of sp³-hybridized carbons (Fsp3) is 0.400. The van der Waals surface area contributed by atoms with Gasteiger partial charge in [-0.1, -0.05) is 0 Å². The van der Waals surface area contributed by atoms with E-state index in [2.05, 4.69) is 27.2 Å². The minimum Gasteiger partial charge on any atom is -0.445 e. The molecule has 1 amide bonds. The van der Waals surface area contributed by atoms with Crippen molar-refractivity contribution >= 4 is 22.8 Å². The molecule has 138 valence electrons. The number of nitrogens with zero attached hydrogens (tertiary/aromatic N) is 4. The van der Waals surface area contributed by atoms with Gasteiger partial charge in [-0.05, 0) is 50.3 Å². The van der Waals surface area contributed by atoms with Gasteiger partial charge in [-0.2, -0.15) is 4.98 Å². The molecule has 0 saturated heterocycles. The van der Waals surface area contributed by atoms with E-state index in [1.165, 1.54) is 11.8 Å². The van der Waals surface area contributed by atoms with E-state index in [0.717, 1.165) is 24.8 Å². The smallest absolute Gasteiger partial charge is 0.258 e. The molecule has 0 spiro atoms. The van der Waals surface area contributed by atoms with Crippen molar-refractivity contribution in [1.29, 1.82) is 0 Å². The number of fused-ring (bicyclic) bond motifs is 2. The normalized spacial score (nSPS) is 17.6. The van der Waals surface area contributed by atoms with Gasteiger partial charge in [0.25, 0.3) is 5.91 Å². The summed E-state index contributed by atoms with van der Waals surface area (Å²) < 4.78 is 5.64. The highest BCUT2D eigenvalue weighted by Crippen LogP contribution is 2.40. The number of nitrogens with one attached hydrogen (secondary N) is 1. The Labute approximate surface area is 156 Å². The lowest BCUT2D eigenvalue weighted by molar-refractivity contribution is 0.0735. The maximum absolute atomic E-state index is 13.3. The van der Waals surface area contributed by atoms with Crippen LogP contribution in [-0.4, -0.2) is 37.8 Å². The number of furan rings is 1. The molecule has 1 fully saturated rings. The van der Waals surface area contributed by atoms with E-state index in [-0.39, 0.29) is 11.4 Å². The van der Waals surface area contributed by atoms with Crippen LogP contribution in [0, 0.1) is 6.92 Å². The van der Waals surface area contributed by atoms with Crippen molar-refractivity contribution in [2.75, 3.05) is 11.9 Å². The molecule has 7 nitrogen and oxygen atoms in total. The predicted molar refractivity (Wildman–Crippen MR) is 100 cm³/mol. The van der Waals surface area contributed by atoms with Crippen LogP contribution in [0.4, 0.5) is 5.82 Å². The molecule has 1 aliphatic heterocycles. The third-order valence-electron chi connectivity index (χ3n) is 5.50. The topological polar surface area (TPSA) is 84.2 Å².